The molecule has 6 nitrogen and oxygen atoms in total. The number of carbonyl (C=O) groups is 1. The topological polar surface area (TPSA) is 92.5 Å². The second kappa shape index (κ2) is 7.31. The van der Waals surface area contributed by atoms with Gasteiger partial charge in [0.25, 0.3) is 11.6 Å². The van der Waals surface area contributed by atoms with Gasteiger partial charge >= 0.3 is 0 Å². The summed E-state index contributed by atoms with van der Waals surface area (Å²) in [7, 11) is 0. The van der Waals surface area contributed by atoms with E-state index in [2.05, 4.69) is 5.32 Å². The quantitative estimate of drug-likeness (QED) is 0.606. The second-order valence-electron chi connectivity index (χ2n) is 4.66. The van der Waals surface area contributed by atoms with E-state index in [4.69, 9.17) is 23.2 Å². The summed E-state index contributed by atoms with van der Waals surface area (Å²) < 4.78 is 0. The third-order valence-electron chi connectivity index (χ3n) is 2.55. The number of benzene rings is 1. The van der Waals surface area contributed by atoms with Crippen molar-refractivity contribution in [3.05, 3.63) is 37.9 Å². The lowest BCUT2D eigenvalue weighted by Crippen LogP contribution is -2.42. The molecular weight excluding hydrogens is 339 g/mol. The number of aliphatic hydroxyl groups is 1. The molecule has 1 unspecified atom stereocenters. The molecule has 1 aromatic carbocycles. The van der Waals surface area contributed by atoms with Gasteiger partial charge in [-0.2, -0.15) is 11.8 Å². The Morgan fingerprint density at radius 3 is 2.67 bits per heavy atom. The summed E-state index contributed by atoms with van der Waals surface area (Å²) in [5.74, 6) is -0.205. The second-order valence-corrected chi connectivity index (χ2v) is 6.31. The molecular formula is C12H14Cl2N2O4S. The molecule has 0 saturated heterocycles. The van der Waals surface area contributed by atoms with Crippen LogP contribution < -0.4 is 5.32 Å². The zero-order valence-corrected chi connectivity index (χ0v) is 13.7. The van der Waals surface area contributed by atoms with Crippen molar-refractivity contribution in [1.82, 2.24) is 5.32 Å². The Labute approximate surface area is 136 Å². The van der Waals surface area contributed by atoms with E-state index < -0.39 is 16.4 Å². The van der Waals surface area contributed by atoms with E-state index in [9.17, 15) is 20.0 Å². The number of nitrogens with zero attached hydrogens (tertiary/aromatic N) is 1. The molecule has 0 heterocycles. The highest BCUT2D eigenvalue weighted by atomic mass is 35.5. The van der Waals surface area contributed by atoms with Gasteiger partial charge in [-0.15, -0.1) is 0 Å². The lowest BCUT2D eigenvalue weighted by molar-refractivity contribution is -0.384. The number of hydrogen-bond acceptors (Lipinski definition) is 5. The van der Waals surface area contributed by atoms with Gasteiger partial charge in [0.2, 0.25) is 0 Å². The Bertz CT molecular complexity index is 566. The summed E-state index contributed by atoms with van der Waals surface area (Å²) in [5, 5.41) is 23.1. The van der Waals surface area contributed by atoms with E-state index in [-0.39, 0.29) is 27.8 Å². The molecule has 0 aromatic heterocycles. The minimum absolute atomic E-state index is 0.0106. The Morgan fingerprint density at radius 2 is 2.14 bits per heavy atom. The third kappa shape index (κ3) is 5.03. The molecule has 1 amide bonds. The molecule has 0 fully saturated rings. The summed E-state index contributed by atoms with van der Waals surface area (Å²) in [6.45, 7) is 1.56. The molecule has 1 aromatic rings. The van der Waals surface area contributed by atoms with Gasteiger partial charge in [-0.25, -0.2) is 0 Å². The number of halogens is 2. The van der Waals surface area contributed by atoms with Crippen LogP contribution in [0.15, 0.2) is 12.1 Å². The first kappa shape index (κ1) is 18.0. The molecule has 9 heteroatoms. The first-order chi connectivity index (χ1) is 9.68. The molecule has 0 aliphatic carbocycles. The standard InChI is InChI=1S/C12H14Cl2N2O4S/c1-12(18,6-21-2)5-15-11(17)8-3-7(16(19)20)4-9(13)10(8)14/h3-4,18H,5-6H2,1-2H3,(H,15,17). The maximum absolute atomic E-state index is 12.0. The average molecular weight is 353 g/mol. The van der Waals surface area contributed by atoms with Crippen LogP contribution in [0.2, 0.25) is 10.0 Å². The molecule has 1 rings (SSSR count). The number of non-ortho nitro benzene ring substituents is 1. The van der Waals surface area contributed by atoms with Crippen molar-refractivity contribution in [3.63, 3.8) is 0 Å². The van der Waals surface area contributed by atoms with Crippen molar-refractivity contribution in [2.75, 3.05) is 18.6 Å². The van der Waals surface area contributed by atoms with Gasteiger partial charge in [0.15, 0.2) is 0 Å². The highest BCUT2D eigenvalue weighted by molar-refractivity contribution is 7.98. The van der Waals surface area contributed by atoms with Crippen molar-refractivity contribution in [2.24, 2.45) is 0 Å². The maximum Gasteiger partial charge on any atom is 0.271 e. The Hall–Kier alpha value is -1.02. The molecule has 0 aliphatic rings. The molecule has 2 N–H and O–H groups in total. The normalized spacial score (nSPS) is 13.6. The van der Waals surface area contributed by atoms with Gasteiger partial charge in [0.05, 0.1) is 26.1 Å². The van der Waals surface area contributed by atoms with Gasteiger partial charge < -0.3 is 10.4 Å². The van der Waals surface area contributed by atoms with Crippen LogP contribution >= 0.6 is 35.0 Å². The van der Waals surface area contributed by atoms with Crippen LogP contribution in [-0.2, 0) is 0 Å². The molecule has 0 spiro atoms. The molecule has 0 radical (unpaired) electrons. The summed E-state index contributed by atoms with van der Waals surface area (Å²) in [4.78, 5) is 22.2. The Balaban J connectivity index is 2.95. The number of nitro benzene ring substituents is 1. The molecule has 21 heavy (non-hydrogen) atoms. The SMILES string of the molecule is CSCC(C)(O)CNC(=O)c1cc([N+](=O)[O-])cc(Cl)c1Cl. The lowest BCUT2D eigenvalue weighted by atomic mass is 10.1. The van der Waals surface area contributed by atoms with E-state index in [1.54, 1.807) is 6.92 Å². The molecule has 0 bridgehead atoms. The number of carbonyl (C=O) groups excluding carboxylic acids is 1. The van der Waals surface area contributed by atoms with Crippen LogP contribution in [0.4, 0.5) is 5.69 Å². The van der Waals surface area contributed by atoms with E-state index in [1.165, 1.54) is 11.8 Å². The smallest absolute Gasteiger partial charge is 0.271 e. The van der Waals surface area contributed by atoms with Crippen molar-refractivity contribution in [2.45, 2.75) is 12.5 Å². The van der Waals surface area contributed by atoms with Gasteiger partial charge in [-0.3, -0.25) is 14.9 Å². The highest BCUT2D eigenvalue weighted by Crippen LogP contribution is 2.30. The van der Waals surface area contributed by atoms with Gasteiger partial charge in [0.1, 0.15) is 0 Å². The maximum atomic E-state index is 12.0. The van der Waals surface area contributed by atoms with Gasteiger partial charge in [-0.1, -0.05) is 23.2 Å². The zero-order valence-electron chi connectivity index (χ0n) is 11.4. The summed E-state index contributed by atoms with van der Waals surface area (Å²) in [5.41, 5.74) is -1.52. The van der Waals surface area contributed by atoms with Crippen LogP contribution in [0.3, 0.4) is 0 Å². The van der Waals surface area contributed by atoms with Crippen molar-refractivity contribution in [1.29, 1.82) is 0 Å². The summed E-state index contributed by atoms with van der Waals surface area (Å²) >= 11 is 13.1. The van der Waals surface area contributed by atoms with Crippen molar-refractivity contribution in [3.8, 4) is 0 Å². The largest absolute Gasteiger partial charge is 0.387 e. The first-order valence-corrected chi connectivity index (χ1v) is 7.96. The average Bonchev–Trinajstić information content (AvgIpc) is 2.38. The fourth-order valence-electron chi connectivity index (χ4n) is 1.57. The van der Waals surface area contributed by atoms with E-state index in [0.29, 0.717) is 5.75 Å². The van der Waals surface area contributed by atoms with Crippen LogP contribution in [0, 0.1) is 10.1 Å². The summed E-state index contributed by atoms with van der Waals surface area (Å²) in [6, 6.07) is 2.12. The van der Waals surface area contributed by atoms with E-state index in [1.807, 2.05) is 6.26 Å². The highest BCUT2D eigenvalue weighted by Gasteiger charge is 2.23. The molecule has 116 valence electrons. The Morgan fingerprint density at radius 1 is 1.52 bits per heavy atom. The predicted octanol–water partition coefficient (Wildman–Crippen LogP) is 2.75. The van der Waals surface area contributed by atoms with Crippen LogP contribution in [0.5, 0.6) is 0 Å². The first-order valence-electron chi connectivity index (χ1n) is 5.81. The fourth-order valence-corrected chi connectivity index (χ4v) is 2.71. The number of hydrogen-bond donors (Lipinski definition) is 2. The van der Waals surface area contributed by atoms with Crippen molar-refractivity contribution < 1.29 is 14.8 Å². The number of nitro groups is 1. The van der Waals surface area contributed by atoms with Crippen LogP contribution in [0.25, 0.3) is 0 Å². The van der Waals surface area contributed by atoms with Crippen LogP contribution in [0.1, 0.15) is 17.3 Å². The third-order valence-corrected chi connectivity index (χ3v) is 4.27. The summed E-state index contributed by atoms with van der Waals surface area (Å²) in [6.07, 6.45) is 1.83. The van der Waals surface area contributed by atoms with E-state index >= 15 is 0 Å². The molecule has 0 saturated carbocycles. The van der Waals surface area contributed by atoms with Crippen molar-refractivity contribution >= 4 is 46.6 Å². The molecule has 0 aliphatic heterocycles. The number of rotatable bonds is 6. The van der Waals surface area contributed by atoms with Crippen LogP contribution in [-0.4, -0.2) is 40.1 Å². The van der Waals surface area contributed by atoms with Gasteiger partial charge in [-0.05, 0) is 13.2 Å². The number of nitrogens with one attached hydrogen (secondary N) is 1. The predicted molar refractivity (Wildman–Crippen MR) is 84.5 cm³/mol. The fraction of sp³-hybridized carbons (Fsp3) is 0.417. The zero-order chi connectivity index (χ0) is 16.2. The van der Waals surface area contributed by atoms with E-state index in [0.717, 1.165) is 12.1 Å². The Kier molecular flexibility index (Phi) is 6.27. The minimum atomic E-state index is -1.09. The van der Waals surface area contributed by atoms with Gasteiger partial charge in [0, 0.05) is 24.4 Å². The monoisotopic (exact) mass is 352 g/mol. The molecule has 1 atom stereocenters. The minimum Gasteiger partial charge on any atom is -0.387 e. The lowest BCUT2D eigenvalue weighted by Gasteiger charge is -2.22. The number of amides is 1. The number of thioether (sulfide) groups is 1.